The number of carbonyl (C=O) groups excluding carboxylic acids is 3. The van der Waals surface area contributed by atoms with Gasteiger partial charge in [-0.25, -0.2) is 9.59 Å². The molecule has 1 saturated carbocycles. The number of hydrogen-bond donors (Lipinski definition) is 3. The normalized spacial score (nSPS) is 34.4. The fraction of sp³-hybridized carbons (Fsp3) is 0.727. The van der Waals surface area contributed by atoms with Gasteiger partial charge in [-0.15, -0.1) is 0 Å². The van der Waals surface area contributed by atoms with E-state index in [1.54, 1.807) is 26.8 Å². The average molecular weight is 436 g/mol. The third-order valence-corrected chi connectivity index (χ3v) is 6.27. The third kappa shape index (κ3) is 5.02. The van der Waals surface area contributed by atoms with Gasteiger partial charge in [-0.1, -0.05) is 25.5 Å². The molecule has 31 heavy (non-hydrogen) atoms. The number of aliphatic carboxylic acids is 1. The topological polar surface area (TPSA) is 125 Å². The quantitative estimate of drug-likeness (QED) is 0.581. The molecular formula is C22H33N3O6. The summed E-state index contributed by atoms with van der Waals surface area (Å²) in [4.78, 5) is 52.2. The van der Waals surface area contributed by atoms with Crippen LogP contribution >= 0.6 is 0 Å². The predicted octanol–water partition coefficient (Wildman–Crippen LogP) is 1.82. The number of rotatable bonds is 3. The van der Waals surface area contributed by atoms with Crippen LogP contribution in [0.4, 0.5) is 4.79 Å². The van der Waals surface area contributed by atoms with E-state index in [9.17, 15) is 24.3 Å². The van der Waals surface area contributed by atoms with Crippen molar-refractivity contribution in [3.63, 3.8) is 0 Å². The van der Waals surface area contributed by atoms with E-state index in [2.05, 4.69) is 10.6 Å². The van der Waals surface area contributed by atoms with Gasteiger partial charge in [0, 0.05) is 12.5 Å². The molecule has 3 rings (SSSR count). The SMILES string of the molecule is CC[C@@H]1C[C@H]2C(=O)N[C@]3(C(=O)O)C[C@H]3/C=C\CC[C@H](NC(=O)OC(C)(C)C)C(=O)N2C1. The van der Waals surface area contributed by atoms with E-state index < -0.39 is 41.2 Å². The zero-order chi connectivity index (χ0) is 23.0. The molecule has 3 amide bonds. The van der Waals surface area contributed by atoms with Crippen molar-refractivity contribution >= 4 is 23.9 Å². The smallest absolute Gasteiger partial charge is 0.408 e. The van der Waals surface area contributed by atoms with Crippen molar-refractivity contribution in [2.45, 2.75) is 83.0 Å². The number of allylic oxidation sites excluding steroid dienone is 1. The van der Waals surface area contributed by atoms with E-state index in [4.69, 9.17) is 4.74 Å². The molecule has 9 heteroatoms. The van der Waals surface area contributed by atoms with Gasteiger partial charge in [0.05, 0.1) is 0 Å². The second kappa shape index (κ2) is 8.51. The lowest BCUT2D eigenvalue weighted by Gasteiger charge is -2.30. The first-order valence-electron chi connectivity index (χ1n) is 11.0. The minimum atomic E-state index is -1.29. The number of amides is 3. The first kappa shape index (κ1) is 23.1. The van der Waals surface area contributed by atoms with Crippen LogP contribution in [0.1, 0.15) is 59.8 Å². The van der Waals surface area contributed by atoms with Crippen LogP contribution in [0.25, 0.3) is 0 Å². The average Bonchev–Trinajstić information content (AvgIpc) is 3.18. The van der Waals surface area contributed by atoms with E-state index in [1.165, 1.54) is 4.90 Å². The Balaban J connectivity index is 1.86. The molecule has 9 nitrogen and oxygen atoms in total. The number of carboxylic acids is 1. The van der Waals surface area contributed by atoms with Crippen molar-refractivity contribution < 1.29 is 29.0 Å². The lowest BCUT2D eigenvalue weighted by Crippen LogP contribution is -2.56. The molecular weight excluding hydrogens is 402 g/mol. The number of ether oxygens (including phenoxy) is 1. The van der Waals surface area contributed by atoms with Crippen LogP contribution in [-0.4, -0.2) is 63.7 Å². The van der Waals surface area contributed by atoms with Crippen molar-refractivity contribution in [3.05, 3.63) is 12.2 Å². The minimum absolute atomic E-state index is 0.140. The molecule has 2 fully saturated rings. The number of hydrogen-bond acceptors (Lipinski definition) is 5. The molecule has 3 aliphatic rings. The van der Waals surface area contributed by atoms with Crippen LogP contribution < -0.4 is 10.6 Å². The molecule has 0 aromatic carbocycles. The number of nitrogens with one attached hydrogen (secondary N) is 2. The molecule has 0 bridgehead atoms. The number of alkyl carbamates (subject to hydrolysis) is 1. The van der Waals surface area contributed by atoms with Crippen LogP contribution in [0.15, 0.2) is 12.2 Å². The predicted molar refractivity (Wildman–Crippen MR) is 112 cm³/mol. The largest absolute Gasteiger partial charge is 0.479 e. The summed E-state index contributed by atoms with van der Waals surface area (Å²) in [5.41, 5.74) is -1.99. The third-order valence-electron chi connectivity index (χ3n) is 6.27. The number of nitrogens with zero attached hydrogens (tertiary/aromatic N) is 1. The van der Waals surface area contributed by atoms with Gasteiger partial charge in [-0.3, -0.25) is 9.59 Å². The van der Waals surface area contributed by atoms with Gasteiger partial charge < -0.3 is 25.4 Å². The van der Waals surface area contributed by atoms with E-state index in [0.29, 0.717) is 32.2 Å². The highest BCUT2D eigenvalue weighted by Crippen LogP contribution is 2.45. The Labute approximate surface area is 182 Å². The van der Waals surface area contributed by atoms with E-state index in [0.717, 1.165) is 6.42 Å². The number of carboxylic acid groups (broad SMARTS) is 1. The molecule has 0 unspecified atom stereocenters. The lowest BCUT2D eigenvalue weighted by molar-refractivity contribution is -0.145. The van der Waals surface area contributed by atoms with Crippen LogP contribution in [0.3, 0.4) is 0 Å². The zero-order valence-electron chi connectivity index (χ0n) is 18.6. The maximum absolute atomic E-state index is 13.4. The van der Waals surface area contributed by atoms with Crippen molar-refractivity contribution in [2.24, 2.45) is 11.8 Å². The first-order chi connectivity index (χ1) is 14.5. The second-order valence-electron chi connectivity index (χ2n) is 9.80. The van der Waals surface area contributed by atoms with E-state index >= 15 is 0 Å². The molecule has 2 heterocycles. The van der Waals surface area contributed by atoms with Crippen LogP contribution in [0.2, 0.25) is 0 Å². The summed E-state index contributed by atoms with van der Waals surface area (Å²) < 4.78 is 5.32. The van der Waals surface area contributed by atoms with Crippen molar-refractivity contribution in [2.75, 3.05) is 6.54 Å². The van der Waals surface area contributed by atoms with E-state index in [-0.39, 0.29) is 17.7 Å². The fourth-order valence-electron chi connectivity index (χ4n) is 4.41. The molecule has 0 spiro atoms. The summed E-state index contributed by atoms with van der Waals surface area (Å²) in [6.45, 7) is 7.64. The van der Waals surface area contributed by atoms with Gasteiger partial charge in [0.2, 0.25) is 11.8 Å². The van der Waals surface area contributed by atoms with Crippen molar-refractivity contribution in [1.82, 2.24) is 15.5 Å². The summed E-state index contributed by atoms with van der Waals surface area (Å²) in [6, 6.07) is -1.57. The molecule has 1 saturated heterocycles. The van der Waals surface area contributed by atoms with Crippen molar-refractivity contribution in [1.29, 1.82) is 0 Å². The zero-order valence-corrected chi connectivity index (χ0v) is 18.6. The summed E-state index contributed by atoms with van der Waals surface area (Å²) in [6.07, 6.45) is 5.35. The first-order valence-corrected chi connectivity index (χ1v) is 11.0. The number of carbonyl (C=O) groups is 4. The Morgan fingerprint density at radius 1 is 1.35 bits per heavy atom. The van der Waals surface area contributed by atoms with Crippen LogP contribution in [0, 0.1) is 11.8 Å². The minimum Gasteiger partial charge on any atom is -0.479 e. The highest BCUT2D eigenvalue weighted by atomic mass is 16.6. The molecule has 1 aliphatic carbocycles. The maximum Gasteiger partial charge on any atom is 0.408 e. The van der Waals surface area contributed by atoms with Crippen LogP contribution in [0.5, 0.6) is 0 Å². The highest BCUT2D eigenvalue weighted by Gasteiger charge is 2.61. The highest BCUT2D eigenvalue weighted by molar-refractivity contribution is 5.96. The summed E-state index contributed by atoms with van der Waals surface area (Å²) in [5, 5.41) is 15.1. The van der Waals surface area contributed by atoms with Gasteiger partial charge >= 0.3 is 12.1 Å². The molecule has 0 aromatic rings. The Hall–Kier alpha value is -2.58. The Morgan fingerprint density at radius 2 is 2.06 bits per heavy atom. The Kier molecular flexibility index (Phi) is 6.34. The number of fused-ring (bicyclic) bond motifs is 2. The van der Waals surface area contributed by atoms with Crippen LogP contribution in [-0.2, 0) is 19.1 Å². The molecule has 0 radical (unpaired) electrons. The van der Waals surface area contributed by atoms with Gasteiger partial charge in [-0.2, -0.15) is 0 Å². The van der Waals surface area contributed by atoms with Gasteiger partial charge in [0.1, 0.15) is 23.2 Å². The van der Waals surface area contributed by atoms with Gasteiger partial charge in [-0.05, 0) is 52.4 Å². The summed E-state index contributed by atoms with van der Waals surface area (Å²) in [5.74, 6) is -1.98. The summed E-state index contributed by atoms with van der Waals surface area (Å²) >= 11 is 0. The van der Waals surface area contributed by atoms with Gasteiger partial charge in [0.15, 0.2) is 0 Å². The molecule has 0 aromatic heterocycles. The molecule has 2 aliphatic heterocycles. The maximum atomic E-state index is 13.4. The second-order valence-corrected chi connectivity index (χ2v) is 9.80. The lowest BCUT2D eigenvalue weighted by atomic mass is 10.0. The fourth-order valence-corrected chi connectivity index (χ4v) is 4.41. The van der Waals surface area contributed by atoms with Crippen molar-refractivity contribution in [3.8, 4) is 0 Å². The van der Waals surface area contributed by atoms with Gasteiger partial charge in [0.25, 0.3) is 0 Å². The standard InChI is InChI=1S/C22H33N3O6/c1-5-13-10-16-17(26)24-22(19(28)29)11-14(22)8-6-7-9-15(18(27)25(16)12-13)23-20(30)31-21(2,3)4/h6,8,13-16H,5,7,9-12H2,1-4H3,(H,23,30)(H,24,26)(H,28,29)/b8-6-/t13-,14-,15+,16+,22-/m1/s1. The van der Waals surface area contributed by atoms with E-state index in [1.807, 2.05) is 13.0 Å². The Bertz CT molecular complexity index is 789. The molecule has 5 atom stereocenters. The Morgan fingerprint density at radius 3 is 2.68 bits per heavy atom. The molecule has 3 N–H and O–H groups in total. The summed E-state index contributed by atoms with van der Waals surface area (Å²) in [7, 11) is 0. The monoisotopic (exact) mass is 435 g/mol. The molecule has 172 valence electrons.